The molecular weight excluding hydrogens is 360 g/mol. The Balaban J connectivity index is 2.15. The van der Waals surface area contributed by atoms with Crippen molar-refractivity contribution in [2.24, 2.45) is 7.05 Å². The number of thioether (sulfide) groups is 1. The zero-order valence-corrected chi connectivity index (χ0v) is 17.9. The van der Waals surface area contributed by atoms with Crippen molar-refractivity contribution in [1.29, 1.82) is 0 Å². The van der Waals surface area contributed by atoms with Crippen LogP contribution in [0.25, 0.3) is 11.4 Å². The fraction of sp³-hybridized carbons (Fsp3) is 0.550. The van der Waals surface area contributed by atoms with Crippen LogP contribution in [0.15, 0.2) is 29.4 Å². The number of ether oxygens (including phenoxy) is 1. The normalized spacial score (nSPS) is 13.3. The molecule has 2 rings (SSSR count). The summed E-state index contributed by atoms with van der Waals surface area (Å²) in [7, 11) is 3.55. The van der Waals surface area contributed by atoms with Crippen LogP contribution in [-0.4, -0.2) is 50.5 Å². The zero-order chi connectivity index (χ0) is 20.0. The highest BCUT2D eigenvalue weighted by Gasteiger charge is 2.24. The Morgan fingerprint density at radius 2 is 1.81 bits per heavy atom. The van der Waals surface area contributed by atoms with Crippen molar-refractivity contribution in [2.75, 3.05) is 12.9 Å². The molecule has 1 aromatic carbocycles. The number of hydrogen-bond acceptors (Lipinski definition) is 5. The van der Waals surface area contributed by atoms with E-state index in [-0.39, 0.29) is 18.0 Å². The lowest BCUT2D eigenvalue weighted by Crippen LogP contribution is -2.45. The smallest absolute Gasteiger partial charge is 0.233 e. The summed E-state index contributed by atoms with van der Waals surface area (Å²) in [5.74, 6) is 1.97. The molecule has 27 heavy (non-hydrogen) atoms. The molecule has 0 aliphatic heterocycles. The molecule has 148 valence electrons. The van der Waals surface area contributed by atoms with Gasteiger partial charge in [0.15, 0.2) is 11.0 Å². The van der Waals surface area contributed by atoms with Crippen molar-refractivity contribution in [3.05, 3.63) is 24.3 Å². The first-order valence-corrected chi connectivity index (χ1v) is 10.4. The van der Waals surface area contributed by atoms with Gasteiger partial charge in [-0.15, -0.1) is 10.2 Å². The van der Waals surface area contributed by atoms with E-state index < -0.39 is 0 Å². The molecule has 6 nitrogen and oxygen atoms in total. The Kier molecular flexibility index (Phi) is 7.71. The van der Waals surface area contributed by atoms with Crippen LogP contribution < -0.4 is 4.74 Å². The van der Waals surface area contributed by atoms with Gasteiger partial charge in [0.05, 0.1) is 18.4 Å². The van der Waals surface area contributed by atoms with Crippen molar-refractivity contribution in [2.45, 2.75) is 57.8 Å². The molecule has 1 aromatic heterocycles. The molecule has 0 bridgehead atoms. The van der Waals surface area contributed by atoms with Crippen LogP contribution in [0, 0.1) is 0 Å². The lowest BCUT2D eigenvalue weighted by molar-refractivity contribution is -0.132. The molecule has 0 saturated heterocycles. The standard InChI is InChI=1S/C20H30N4O2S/c1-7-14(3)24(15(4)8-2)18(25)13-27-20-22-21-19(23(20)5)16-11-9-10-12-17(16)26-6/h9-12,14-15H,7-8,13H2,1-6H3/t14-,15+. The number of methoxy groups -OCH3 is 1. The van der Waals surface area contributed by atoms with Crippen LogP contribution in [0.1, 0.15) is 40.5 Å². The summed E-state index contributed by atoms with van der Waals surface area (Å²) in [6.07, 6.45) is 1.89. The van der Waals surface area contributed by atoms with Crippen LogP contribution in [0.5, 0.6) is 5.75 Å². The number of carbonyl (C=O) groups is 1. The highest BCUT2D eigenvalue weighted by Crippen LogP contribution is 2.30. The van der Waals surface area contributed by atoms with E-state index in [9.17, 15) is 4.79 Å². The van der Waals surface area contributed by atoms with Crippen molar-refractivity contribution in [1.82, 2.24) is 19.7 Å². The van der Waals surface area contributed by atoms with Crippen LogP contribution in [0.3, 0.4) is 0 Å². The van der Waals surface area contributed by atoms with Gasteiger partial charge in [-0.05, 0) is 38.8 Å². The maximum atomic E-state index is 12.8. The van der Waals surface area contributed by atoms with Crippen LogP contribution in [0.4, 0.5) is 0 Å². The fourth-order valence-corrected chi connectivity index (χ4v) is 3.81. The van der Waals surface area contributed by atoms with Gasteiger partial charge in [-0.1, -0.05) is 37.7 Å². The average Bonchev–Trinajstić information content (AvgIpc) is 3.06. The number of hydrogen-bond donors (Lipinski definition) is 0. The minimum Gasteiger partial charge on any atom is -0.496 e. The summed E-state index contributed by atoms with van der Waals surface area (Å²) >= 11 is 1.43. The number of benzene rings is 1. The molecule has 0 unspecified atom stereocenters. The van der Waals surface area contributed by atoms with Crippen molar-refractivity contribution in [3.8, 4) is 17.1 Å². The van der Waals surface area contributed by atoms with Crippen LogP contribution >= 0.6 is 11.8 Å². The largest absolute Gasteiger partial charge is 0.496 e. The predicted molar refractivity (Wildman–Crippen MR) is 110 cm³/mol. The second-order valence-electron chi connectivity index (χ2n) is 6.67. The quantitative estimate of drug-likeness (QED) is 0.606. The second-order valence-corrected chi connectivity index (χ2v) is 7.61. The SMILES string of the molecule is CC[C@@H](C)N(C(=O)CSc1nnc(-c2ccccc2OC)n1C)[C@@H](C)CC. The highest BCUT2D eigenvalue weighted by molar-refractivity contribution is 7.99. The summed E-state index contributed by atoms with van der Waals surface area (Å²) < 4.78 is 7.33. The van der Waals surface area contributed by atoms with E-state index in [4.69, 9.17) is 4.74 Å². The van der Waals surface area contributed by atoms with Crippen LogP contribution in [-0.2, 0) is 11.8 Å². The molecule has 0 aliphatic rings. The molecule has 0 saturated carbocycles. The van der Waals surface area contributed by atoms with Gasteiger partial charge in [0.2, 0.25) is 5.91 Å². The maximum absolute atomic E-state index is 12.8. The third kappa shape index (κ3) is 4.83. The lowest BCUT2D eigenvalue weighted by atomic mass is 10.1. The Morgan fingerprint density at radius 3 is 2.41 bits per heavy atom. The van der Waals surface area contributed by atoms with Gasteiger partial charge in [0.25, 0.3) is 0 Å². The Morgan fingerprint density at radius 1 is 1.19 bits per heavy atom. The van der Waals surface area contributed by atoms with Gasteiger partial charge < -0.3 is 14.2 Å². The summed E-state index contributed by atoms with van der Waals surface area (Å²) in [6.45, 7) is 8.44. The number of para-hydroxylation sites is 1. The number of nitrogens with zero attached hydrogens (tertiary/aromatic N) is 4. The highest BCUT2D eigenvalue weighted by atomic mass is 32.2. The molecule has 7 heteroatoms. The topological polar surface area (TPSA) is 60.3 Å². The summed E-state index contributed by atoms with van der Waals surface area (Å²) in [6, 6.07) is 8.19. The van der Waals surface area contributed by atoms with E-state index in [1.807, 2.05) is 40.8 Å². The minimum absolute atomic E-state index is 0.144. The number of aromatic nitrogens is 3. The van der Waals surface area contributed by atoms with E-state index >= 15 is 0 Å². The molecule has 2 atom stereocenters. The lowest BCUT2D eigenvalue weighted by Gasteiger charge is -2.34. The van der Waals surface area contributed by atoms with Crippen molar-refractivity contribution >= 4 is 17.7 Å². The molecule has 0 aliphatic carbocycles. The van der Waals surface area contributed by atoms with Gasteiger partial charge >= 0.3 is 0 Å². The van der Waals surface area contributed by atoms with Gasteiger partial charge in [0.1, 0.15) is 5.75 Å². The van der Waals surface area contributed by atoms with E-state index in [2.05, 4.69) is 37.9 Å². The zero-order valence-electron chi connectivity index (χ0n) is 17.1. The first-order valence-electron chi connectivity index (χ1n) is 9.41. The maximum Gasteiger partial charge on any atom is 0.233 e. The Bertz CT molecular complexity index is 752. The summed E-state index contributed by atoms with van der Waals surface area (Å²) in [5, 5.41) is 9.31. The minimum atomic E-state index is 0.144. The number of amides is 1. The van der Waals surface area contributed by atoms with Gasteiger partial charge in [0, 0.05) is 19.1 Å². The van der Waals surface area contributed by atoms with Gasteiger partial charge in [-0.2, -0.15) is 0 Å². The monoisotopic (exact) mass is 390 g/mol. The van der Waals surface area contributed by atoms with E-state index in [1.165, 1.54) is 11.8 Å². The summed E-state index contributed by atoms with van der Waals surface area (Å²) in [5.41, 5.74) is 0.883. The molecule has 0 fully saturated rings. The average molecular weight is 391 g/mol. The molecular formula is C20H30N4O2S. The van der Waals surface area contributed by atoms with Crippen LogP contribution in [0.2, 0.25) is 0 Å². The predicted octanol–water partition coefficient (Wildman–Crippen LogP) is 4.01. The fourth-order valence-electron chi connectivity index (χ4n) is 3.02. The Hall–Kier alpha value is -2.02. The second kappa shape index (κ2) is 9.78. The molecule has 2 aromatic rings. The molecule has 0 radical (unpaired) electrons. The van der Waals surface area contributed by atoms with Gasteiger partial charge in [-0.25, -0.2) is 0 Å². The molecule has 1 heterocycles. The van der Waals surface area contributed by atoms with E-state index in [0.29, 0.717) is 5.75 Å². The molecule has 0 spiro atoms. The molecule has 1 amide bonds. The van der Waals surface area contributed by atoms with Gasteiger partial charge in [-0.3, -0.25) is 4.79 Å². The van der Waals surface area contributed by atoms with E-state index in [1.54, 1.807) is 7.11 Å². The third-order valence-electron chi connectivity index (χ3n) is 4.93. The van der Waals surface area contributed by atoms with Crippen molar-refractivity contribution < 1.29 is 9.53 Å². The van der Waals surface area contributed by atoms with Crippen molar-refractivity contribution in [3.63, 3.8) is 0 Å². The summed E-state index contributed by atoms with van der Waals surface area (Å²) in [4.78, 5) is 14.8. The first kappa shape index (κ1) is 21.3. The third-order valence-corrected chi connectivity index (χ3v) is 5.93. The van der Waals surface area contributed by atoms with E-state index in [0.717, 1.165) is 35.1 Å². The molecule has 0 N–H and O–H groups in total. The first-order chi connectivity index (χ1) is 12.9. The number of carbonyl (C=O) groups excluding carboxylic acids is 1. The Labute approximate surface area is 166 Å². The number of rotatable bonds is 9.